The minimum Gasteiger partial charge on any atom is -0.486 e. The average Bonchev–Trinajstić information content (AvgIpc) is 2.25. The van der Waals surface area contributed by atoms with Gasteiger partial charge in [0, 0.05) is 5.56 Å². The number of carboxylic acids is 1. The molecule has 1 aromatic rings. The number of hydrogen-bond donors (Lipinski definition) is 3. The predicted molar refractivity (Wildman–Crippen MR) is 65.5 cm³/mol. The molecule has 0 bridgehead atoms. The minimum absolute atomic E-state index is 0.00642. The highest BCUT2D eigenvalue weighted by Gasteiger charge is 2.13. The van der Waals surface area contributed by atoms with Gasteiger partial charge < -0.3 is 24.6 Å². The fourth-order valence-electron chi connectivity index (χ4n) is 1.21. The number of rotatable bonds is 5. The molecule has 6 nitrogen and oxygen atoms in total. The third-order valence-corrected chi connectivity index (χ3v) is 2.77. The van der Waals surface area contributed by atoms with Crippen molar-refractivity contribution in [1.29, 1.82) is 0 Å². The monoisotopic (exact) mass is 274 g/mol. The van der Waals surface area contributed by atoms with Crippen molar-refractivity contribution in [1.82, 2.24) is 0 Å². The molecule has 0 spiro atoms. The van der Waals surface area contributed by atoms with Crippen LogP contribution < -0.4 is 4.74 Å². The standard InChI is InChI=1S/C11H15O6P/c1-18(2,16)6-17-9-4-7(10(12)13)3-8(5-9)11(14)15/h3-5,10,12-13H,6H2,1-2H3,(H,14,15). The minimum atomic E-state index is -2.40. The Morgan fingerprint density at radius 2 is 1.94 bits per heavy atom. The van der Waals surface area contributed by atoms with Crippen molar-refractivity contribution in [2.24, 2.45) is 0 Å². The largest absolute Gasteiger partial charge is 0.486 e. The van der Waals surface area contributed by atoms with E-state index >= 15 is 0 Å². The number of aliphatic hydroxyl groups excluding tert-OH is 1. The maximum Gasteiger partial charge on any atom is 0.335 e. The van der Waals surface area contributed by atoms with Gasteiger partial charge in [0.2, 0.25) is 0 Å². The molecular formula is C11H15O6P. The van der Waals surface area contributed by atoms with E-state index in [9.17, 15) is 9.36 Å². The van der Waals surface area contributed by atoms with Crippen LogP contribution >= 0.6 is 7.14 Å². The Morgan fingerprint density at radius 3 is 2.39 bits per heavy atom. The molecule has 0 radical (unpaired) electrons. The van der Waals surface area contributed by atoms with Gasteiger partial charge in [0.25, 0.3) is 0 Å². The second-order valence-corrected chi connectivity index (χ2v) is 7.72. The summed E-state index contributed by atoms with van der Waals surface area (Å²) >= 11 is 0. The average molecular weight is 274 g/mol. The highest BCUT2D eigenvalue weighted by atomic mass is 31.2. The zero-order valence-corrected chi connectivity index (χ0v) is 10.9. The van der Waals surface area contributed by atoms with E-state index in [1.165, 1.54) is 25.5 Å². The molecule has 0 atom stereocenters. The van der Waals surface area contributed by atoms with Crippen molar-refractivity contribution >= 4 is 13.1 Å². The lowest BCUT2D eigenvalue weighted by atomic mass is 10.1. The maximum absolute atomic E-state index is 11.5. The van der Waals surface area contributed by atoms with Gasteiger partial charge in [-0.05, 0) is 31.5 Å². The Hall–Kier alpha value is -1.36. The SMILES string of the molecule is CP(C)(=O)COc1cc(C(=O)O)cc(C(O)O)c1. The number of aliphatic hydroxyl groups is 2. The fourth-order valence-corrected chi connectivity index (χ4v) is 1.67. The van der Waals surface area contributed by atoms with Gasteiger partial charge in [0.05, 0.1) is 5.56 Å². The van der Waals surface area contributed by atoms with Gasteiger partial charge in [-0.2, -0.15) is 0 Å². The van der Waals surface area contributed by atoms with Crippen molar-refractivity contribution in [3.63, 3.8) is 0 Å². The molecule has 18 heavy (non-hydrogen) atoms. The van der Waals surface area contributed by atoms with Crippen LogP contribution in [0.15, 0.2) is 18.2 Å². The van der Waals surface area contributed by atoms with Crippen LogP contribution in [0.4, 0.5) is 0 Å². The second-order valence-electron chi connectivity index (χ2n) is 4.32. The summed E-state index contributed by atoms with van der Waals surface area (Å²) in [5, 5.41) is 26.9. The summed E-state index contributed by atoms with van der Waals surface area (Å²) in [5.74, 6) is -1.07. The Morgan fingerprint density at radius 1 is 1.33 bits per heavy atom. The van der Waals surface area contributed by atoms with E-state index in [1.807, 2.05) is 0 Å². The van der Waals surface area contributed by atoms with Crippen LogP contribution in [0.1, 0.15) is 22.2 Å². The van der Waals surface area contributed by atoms with E-state index in [0.29, 0.717) is 0 Å². The number of ether oxygens (including phenoxy) is 1. The number of aromatic carboxylic acids is 1. The highest BCUT2D eigenvalue weighted by molar-refractivity contribution is 7.62. The molecule has 0 fully saturated rings. The first kappa shape index (κ1) is 14.7. The van der Waals surface area contributed by atoms with Gasteiger partial charge in [0.1, 0.15) is 19.2 Å². The predicted octanol–water partition coefficient (Wildman–Crippen LogP) is 1.33. The van der Waals surface area contributed by atoms with Gasteiger partial charge >= 0.3 is 5.97 Å². The van der Waals surface area contributed by atoms with E-state index in [2.05, 4.69) is 0 Å². The van der Waals surface area contributed by atoms with Crippen molar-refractivity contribution in [3.05, 3.63) is 29.3 Å². The molecule has 0 aliphatic carbocycles. The normalized spacial score (nSPS) is 11.6. The van der Waals surface area contributed by atoms with E-state index in [4.69, 9.17) is 20.1 Å². The number of benzene rings is 1. The lowest BCUT2D eigenvalue weighted by Gasteiger charge is -2.12. The molecule has 3 N–H and O–H groups in total. The Labute approximate surface area is 104 Å². The molecule has 0 aromatic heterocycles. The second kappa shape index (κ2) is 5.52. The molecule has 0 unspecified atom stereocenters. The molecule has 0 aliphatic rings. The fraction of sp³-hybridized carbons (Fsp3) is 0.364. The quantitative estimate of drug-likeness (QED) is 0.552. The Kier molecular flexibility index (Phi) is 4.51. The van der Waals surface area contributed by atoms with Gasteiger partial charge in [-0.25, -0.2) is 4.79 Å². The van der Waals surface area contributed by atoms with Crippen LogP contribution in [0.2, 0.25) is 0 Å². The summed E-state index contributed by atoms with van der Waals surface area (Å²) in [5.41, 5.74) is -0.121. The molecular weight excluding hydrogens is 259 g/mol. The third-order valence-electron chi connectivity index (χ3n) is 2.02. The maximum atomic E-state index is 11.5. The molecule has 0 heterocycles. The third kappa shape index (κ3) is 4.49. The van der Waals surface area contributed by atoms with Gasteiger partial charge in [0.15, 0.2) is 6.29 Å². The Balaban J connectivity index is 3.04. The summed E-state index contributed by atoms with van der Waals surface area (Å²) in [4.78, 5) is 10.9. The number of hydrogen-bond acceptors (Lipinski definition) is 5. The van der Waals surface area contributed by atoms with Crippen molar-refractivity contribution in [2.45, 2.75) is 6.29 Å². The molecule has 0 saturated carbocycles. The first-order valence-corrected chi connectivity index (χ1v) is 7.89. The summed E-state index contributed by atoms with van der Waals surface area (Å²) in [7, 11) is -2.40. The smallest absolute Gasteiger partial charge is 0.335 e. The molecule has 0 aliphatic heterocycles. The van der Waals surface area contributed by atoms with Crippen molar-refractivity contribution in [3.8, 4) is 5.75 Å². The highest BCUT2D eigenvalue weighted by Crippen LogP contribution is 2.36. The lowest BCUT2D eigenvalue weighted by molar-refractivity contribution is -0.0426. The van der Waals surface area contributed by atoms with E-state index in [1.54, 1.807) is 0 Å². The molecule has 100 valence electrons. The van der Waals surface area contributed by atoms with Gasteiger partial charge in [-0.1, -0.05) is 0 Å². The van der Waals surface area contributed by atoms with Crippen molar-refractivity contribution in [2.75, 3.05) is 19.7 Å². The number of carboxylic acid groups (broad SMARTS) is 1. The van der Waals surface area contributed by atoms with Crippen molar-refractivity contribution < 1.29 is 29.4 Å². The van der Waals surface area contributed by atoms with E-state index < -0.39 is 19.4 Å². The van der Waals surface area contributed by atoms with Gasteiger partial charge in [-0.3, -0.25) is 0 Å². The zero-order valence-electron chi connectivity index (χ0n) is 10.0. The summed E-state index contributed by atoms with van der Waals surface area (Å²) in [6.45, 7) is 3.08. The van der Waals surface area contributed by atoms with Crippen LogP contribution in [0.3, 0.4) is 0 Å². The molecule has 0 amide bonds. The molecule has 1 aromatic carbocycles. The molecule has 1 rings (SSSR count). The topological polar surface area (TPSA) is 104 Å². The van der Waals surface area contributed by atoms with Crippen LogP contribution in [0.5, 0.6) is 5.75 Å². The van der Waals surface area contributed by atoms with Crippen LogP contribution in [-0.2, 0) is 4.57 Å². The lowest BCUT2D eigenvalue weighted by Crippen LogP contribution is -2.04. The van der Waals surface area contributed by atoms with Crippen LogP contribution in [0, 0.1) is 0 Å². The van der Waals surface area contributed by atoms with Gasteiger partial charge in [-0.15, -0.1) is 0 Å². The first-order valence-electron chi connectivity index (χ1n) is 5.10. The summed E-state index contributed by atoms with van der Waals surface area (Å²) in [6.07, 6.45) is -1.83. The van der Waals surface area contributed by atoms with Crippen LogP contribution in [0.25, 0.3) is 0 Å². The van der Waals surface area contributed by atoms with Crippen LogP contribution in [-0.4, -0.2) is 41.0 Å². The summed E-state index contributed by atoms with van der Waals surface area (Å²) < 4.78 is 16.7. The Bertz CT molecular complexity index is 490. The summed E-state index contributed by atoms with van der Waals surface area (Å²) in [6, 6.07) is 3.67. The first-order chi connectivity index (χ1) is 8.19. The number of carbonyl (C=O) groups is 1. The molecule has 7 heteroatoms. The van der Waals surface area contributed by atoms with E-state index in [0.717, 1.165) is 6.07 Å². The van der Waals surface area contributed by atoms with E-state index in [-0.39, 0.29) is 23.2 Å². The molecule has 0 saturated heterocycles. The zero-order chi connectivity index (χ0) is 13.9.